The van der Waals surface area contributed by atoms with Crippen molar-refractivity contribution in [1.82, 2.24) is 4.98 Å². The molecule has 0 aliphatic heterocycles. The van der Waals surface area contributed by atoms with Gasteiger partial charge in [-0.15, -0.1) is 0 Å². The number of rotatable bonds is 9. The van der Waals surface area contributed by atoms with Crippen LogP contribution in [0, 0.1) is 12.8 Å². The summed E-state index contributed by atoms with van der Waals surface area (Å²) in [6, 6.07) is 2.04. The van der Waals surface area contributed by atoms with Gasteiger partial charge in [0.25, 0.3) is 0 Å². The van der Waals surface area contributed by atoms with E-state index in [0.29, 0.717) is 0 Å². The standard InChI is InChI=1S/C16H28N2O/c1-13(2)9-7-5-6-8-10-17-15-11-14(3)18-12-16(15)19-4/h11-13H,5-10H2,1-4H3,(H,17,18). The van der Waals surface area contributed by atoms with Gasteiger partial charge in [0.1, 0.15) is 0 Å². The summed E-state index contributed by atoms with van der Waals surface area (Å²) in [6.45, 7) is 7.58. The normalized spacial score (nSPS) is 10.8. The number of ether oxygens (including phenoxy) is 1. The molecule has 108 valence electrons. The third-order valence-electron chi connectivity index (χ3n) is 3.25. The highest BCUT2D eigenvalue weighted by atomic mass is 16.5. The van der Waals surface area contributed by atoms with Gasteiger partial charge in [-0.25, -0.2) is 0 Å². The van der Waals surface area contributed by atoms with Crippen molar-refractivity contribution in [2.45, 2.75) is 52.9 Å². The maximum Gasteiger partial charge on any atom is 0.160 e. The summed E-state index contributed by atoms with van der Waals surface area (Å²) in [5.74, 6) is 1.66. The van der Waals surface area contributed by atoms with Crippen molar-refractivity contribution >= 4 is 5.69 Å². The predicted octanol–water partition coefficient (Wildman–Crippen LogP) is 4.42. The van der Waals surface area contributed by atoms with E-state index in [2.05, 4.69) is 24.1 Å². The van der Waals surface area contributed by atoms with E-state index in [4.69, 9.17) is 4.74 Å². The molecule has 0 saturated heterocycles. The van der Waals surface area contributed by atoms with Gasteiger partial charge < -0.3 is 10.1 Å². The van der Waals surface area contributed by atoms with Crippen LogP contribution in [0.25, 0.3) is 0 Å². The zero-order valence-electron chi connectivity index (χ0n) is 12.8. The molecule has 0 aromatic carbocycles. The molecular weight excluding hydrogens is 236 g/mol. The summed E-state index contributed by atoms with van der Waals surface area (Å²) >= 11 is 0. The molecule has 0 aliphatic carbocycles. The van der Waals surface area contributed by atoms with E-state index < -0.39 is 0 Å². The van der Waals surface area contributed by atoms with Gasteiger partial charge in [-0.2, -0.15) is 0 Å². The van der Waals surface area contributed by atoms with Crippen molar-refractivity contribution < 1.29 is 4.74 Å². The Morgan fingerprint density at radius 3 is 2.63 bits per heavy atom. The van der Waals surface area contributed by atoms with E-state index in [1.54, 1.807) is 13.3 Å². The number of nitrogens with zero attached hydrogens (tertiary/aromatic N) is 1. The van der Waals surface area contributed by atoms with Crippen LogP contribution < -0.4 is 10.1 Å². The number of unbranched alkanes of at least 4 members (excludes halogenated alkanes) is 3. The fourth-order valence-electron chi connectivity index (χ4n) is 2.10. The highest BCUT2D eigenvalue weighted by Gasteiger charge is 2.03. The Hall–Kier alpha value is -1.25. The predicted molar refractivity (Wildman–Crippen MR) is 81.9 cm³/mol. The first kappa shape index (κ1) is 15.8. The Kier molecular flexibility index (Phi) is 7.31. The average Bonchev–Trinajstić information content (AvgIpc) is 2.37. The van der Waals surface area contributed by atoms with Crippen LogP contribution in [0.15, 0.2) is 12.3 Å². The maximum atomic E-state index is 5.30. The summed E-state index contributed by atoms with van der Waals surface area (Å²) < 4.78 is 5.30. The maximum absolute atomic E-state index is 5.30. The quantitative estimate of drug-likeness (QED) is 0.670. The number of methoxy groups -OCH3 is 1. The Labute approximate surface area is 117 Å². The van der Waals surface area contributed by atoms with Gasteiger partial charge in [0.2, 0.25) is 0 Å². The van der Waals surface area contributed by atoms with E-state index in [1.165, 1.54) is 32.1 Å². The lowest BCUT2D eigenvalue weighted by Gasteiger charge is -2.11. The number of hydrogen-bond donors (Lipinski definition) is 1. The Morgan fingerprint density at radius 1 is 1.21 bits per heavy atom. The molecule has 0 atom stereocenters. The van der Waals surface area contributed by atoms with Crippen molar-refractivity contribution in [2.24, 2.45) is 5.92 Å². The first-order chi connectivity index (χ1) is 9.13. The molecular formula is C16H28N2O. The van der Waals surface area contributed by atoms with Crippen LogP contribution in [-0.2, 0) is 0 Å². The molecule has 0 bridgehead atoms. The molecule has 3 nitrogen and oxygen atoms in total. The van der Waals surface area contributed by atoms with E-state index in [1.807, 2.05) is 13.0 Å². The van der Waals surface area contributed by atoms with Crippen molar-refractivity contribution in [3.05, 3.63) is 18.0 Å². The van der Waals surface area contributed by atoms with E-state index in [0.717, 1.165) is 29.6 Å². The smallest absolute Gasteiger partial charge is 0.160 e. The molecule has 0 saturated carbocycles. The van der Waals surface area contributed by atoms with Crippen LogP contribution in [0.4, 0.5) is 5.69 Å². The van der Waals surface area contributed by atoms with Gasteiger partial charge in [0.15, 0.2) is 5.75 Å². The molecule has 0 spiro atoms. The second kappa shape index (κ2) is 8.78. The molecule has 0 fully saturated rings. The topological polar surface area (TPSA) is 34.1 Å². The van der Waals surface area contributed by atoms with E-state index in [9.17, 15) is 0 Å². The zero-order chi connectivity index (χ0) is 14.1. The number of aromatic nitrogens is 1. The third kappa shape index (κ3) is 6.46. The van der Waals surface area contributed by atoms with Gasteiger partial charge >= 0.3 is 0 Å². The fraction of sp³-hybridized carbons (Fsp3) is 0.688. The van der Waals surface area contributed by atoms with Crippen molar-refractivity contribution in [3.63, 3.8) is 0 Å². The third-order valence-corrected chi connectivity index (χ3v) is 3.25. The molecule has 0 unspecified atom stereocenters. The first-order valence-corrected chi connectivity index (χ1v) is 7.38. The summed E-state index contributed by atoms with van der Waals surface area (Å²) in [5.41, 5.74) is 2.07. The summed E-state index contributed by atoms with van der Waals surface area (Å²) in [5, 5.41) is 3.44. The van der Waals surface area contributed by atoms with Crippen molar-refractivity contribution in [3.8, 4) is 5.75 Å². The lowest BCUT2D eigenvalue weighted by molar-refractivity contribution is 0.414. The van der Waals surface area contributed by atoms with Crippen molar-refractivity contribution in [1.29, 1.82) is 0 Å². The number of pyridine rings is 1. The summed E-state index contributed by atoms with van der Waals surface area (Å²) in [7, 11) is 1.68. The Balaban J connectivity index is 2.20. The Morgan fingerprint density at radius 2 is 1.95 bits per heavy atom. The highest BCUT2D eigenvalue weighted by Crippen LogP contribution is 2.23. The van der Waals surface area contributed by atoms with Gasteiger partial charge in [-0.1, -0.05) is 39.5 Å². The van der Waals surface area contributed by atoms with Gasteiger partial charge in [-0.05, 0) is 25.3 Å². The number of anilines is 1. The van der Waals surface area contributed by atoms with Gasteiger partial charge in [0.05, 0.1) is 19.0 Å². The average molecular weight is 264 g/mol. The van der Waals surface area contributed by atoms with Crippen molar-refractivity contribution in [2.75, 3.05) is 19.0 Å². The molecule has 1 rings (SSSR count). The van der Waals surface area contributed by atoms with Crippen LogP contribution >= 0.6 is 0 Å². The molecule has 1 N–H and O–H groups in total. The second-order valence-corrected chi connectivity index (χ2v) is 5.55. The van der Waals surface area contributed by atoms with Gasteiger partial charge in [-0.3, -0.25) is 4.98 Å². The fourth-order valence-corrected chi connectivity index (χ4v) is 2.10. The van der Waals surface area contributed by atoms with Gasteiger partial charge in [0, 0.05) is 12.2 Å². The lowest BCUT2D eigenvalue weighted by atomic mass is 10.0. The van der Waals surface area contributed by atoms with Crippen LogP contribution in [-0.4, -0.2) is 18.6 Å². The molecule has 0 amide bonds. The molecule has 0 aliphatic rings. The van der Waals surface area contributed by atoms with Crippen LogP contribution in [0.3, 0.4) is 0 Å². The SMILES string of the molecule is COc1cnc(C)cc1NCCCCCCC(C)C. The van der Waals surface area contributed by atoms with Crippen LogP contribution in [0.1, 0.15) is 51.6 Å². The van der Waals surface area contributed by atoms with Crippen LogP contribution in [0.2, 0.25) is 0 Å². The molecule has 0 radical (unpaired) electrons. The minimum absolute atomic E-state index is 0.824. The van der Waals surface area contributed by atoms with E-state index >= 15 is 0 Å². The minimum atomic E-state index is 0.824. The summed E-state index contributed by atoms with van der Waals surface area (Å²) in [4.78, 5) is 4.23. The Bertz CT molecular complexity index is 364. The minimum Gasteiger partial charge on any atom is -0.493 e. The largest absolute Gasteiger partial charge is 0.493 e. The summed E-state index contributed by atoms with van der Waals surface area (Å²) in [6.07, 6.45) is 8.33. The second-order valence-electron chi connectivity index (χ2n) is 5.55. The number of hydrogen-bond acceptors (Lipinski definition) is 3. The number of nitrogens with one attached hydrogen (secondary N) is 1. The molecule has 1 aromatic heterocycles. The molecule has 1 heterocycles. The molecule has 1 aromatic rings. The molecule has 19 heavy (non-hydrogen) atoms. The highest BCUT2D eigenvalue weighted by molar-refractivity contribution is 5.55. The monoisotopic (exact) mass is 264 g/mol. The van der Waals surface area contributed by atoms with Crippen LogP contribution in [0.5, 0.6) is 5.75 Å². The first-order valence-electron chi connectivity index (χ1n) is 7.38. The number of aryl methyl sites for hydroxylation is 1. The molecule has 3 heteroatoms. The van der Waals surface area contributed by atoms with E-state index in [-0.39, 0.29) is 0 Å². The lowest BCUT2D eigenvalue weighted by Crippen LogP contribution is -2.04. The zero-order valence-corrected chi connectivity index (χ0v) is 12.8.